The summed E-state index contributed by atoms with van der Waals surface area (Å²) in [5.74, 6) is 0.817. The maximum absolute atomic E-state index is 8.10. The van der Waals surface area contributed by atoms with Gasteiger partial charge in [0.2, 0.25) is 0 Å². The van der Waals surface area contributed by atoms with Gasteiger partial charge >= 0.3 is 0 Å². The molecule has 0 aromatic carbocycles. The van der Waals surface area contributed by atoms with Gasteiger partial charge in [0.05, 0.1) is 0 Å². The lowest BCUT2D eigenvalue weighted by Gasteiger charge is -2.32. The Labute approximate surface area is 81.8 Å². The molecule has 13 heavy (non-hydrogen) atoms. The molecule has 0 amide bonds. The van der Waals surface area contributed by atoms with Crippen molar-refractivity contribution in [3.63, 3.8) is 0 Å². The third kappa shape index (κ3) is 2.71. The zero-order valence-electron chi connectivity index (χ0n) is 9.35. The Bertz CT molecular complexity index is 187. The van der Waals surface area contributed by atoms with E-state index in [-0.39, 0.29) is 5.41 Å². The molecule has 0 atom stereocenters. The first kappa shape index (κ1) is 10.6. The van der Waals surface area contributed by atoms with Gasteiger partial charge in [0.25, 0.3) is 0 Å². The number of amidine groups is 1. The molecule has 0 aromatic rings. The summed E-state index contributed by atoms with van der Waals surface area (Å²) >= 11 is 0. The Hall–Kier alpha value is -0.530. The topological polar surface area (TPSA) is 27.1 Å². The molecule has 1 N–H and O–H groups in total. The van der Waals surface area contributed by atoms with Crippen molar-refractivity contribution in [1.29, 1.82) is 5.41 Å². The first-order chi connectivity index (χ1) is 5.96. The van der Waals surface area contributed by atoms with E-state index < -0.39 is 0 Å². The maximum Gasteiger partial charge on any atom is 0.101 e. The summed E-state index contributed by atoms with van der Waals surface area (Å²) in [7, 11) is 0. The van der Waals surface area contributed by atoms with Crippen LogP contribution in [-0.2, 0) is 0 Å². The van der Waals surface area contributed by atoms with Gasteiger partial charge in [-0.3, -0.25) is 5.41 Å². The van der Waals surface area contributed by atoms with Gasteiger partial charge < -0.3 is 4.90 Å². The summed E-state index contributed by atoms with van der Waals surface area (Å²) in [6.45, 7) is 9.62. The molecule has 0 aromatic heterocycles. The highest BCUT2D eigenvalue weighted by molar-refractivity contribution is 5.84. The molecule has 1 fully saturated rings. The van der Waals surface area contributed by atoms with Crippen molar-refractivity contribution in [2.45, 2.75) is 53.0 Å². The van der Waals surface area contributed by atoms with Crippen molar-refractivity contribution in [2.75, 3.05) is 6.54 Å². The summed E-state index contributed by atoms with van der Waals surface area (Å²) in [6.07, 6.45) is 3.73. The first-order valence-electron chi connectivity index (χ1n) is 5.32. The van der Waals surface area contributed by atoms with Gasteiger partial charge in [-0.05, 0) is 19.3 Å². The van der Waals surface area contributed by atoms with Crippen LogP contribution < -0.4 is 0 Å². The number of nitrogens with zero attached hydrogens (tertiary/aromatic N) is 1. The van der Waals surface area contributed by atoms with Gasteiger partial charge in [-0.1, -0.05) is 27.7 Å². The van der Waals surface area contributed by atoms with Crippen LogP contribution in [0.2, 0.25) is 0 Å². The van der Waals surface area contributed by atoms with E-state index in [4.69, 9.17) is 5.41 Å². The van der Waals surface area contributed by atoms with Crippen LogP contribution in [-0.4, -0.2) is 23.3 Å². The van der Waals surface area contributed by atoms with Gasteiger partial charge in [0.1, 0.15) is 5.84 Å². The second kappa shape index (κ2) is 3.69. The molecule has 0 heterocycles. The van der Waals surface area contributed by atoms with E-state index in [9.17, 15) is 0 Å². The van der Waals surface area contributed by atoms with Crippen molar-refractivity contribution in [3.05, 3.63) is 0 Å². The number of hydrogen-bond donors (Lipinski definition) is 1. The predicted molar refractivity (Wildman–Crippen MR) is 57.2 cm³/mol. The Balaban J connectivity index is 2.58. The Morgan fingerprint density at radius 1 is 1.38 bits per heavy atom. The van der Waals surface area contributed by atoms with E-state index in [1.54, 1.807) is 0 Å². The average molecular weight is 182 g/mol. The third-order valence-corrected chi connectivity index (χ3v) is 2.45. The summed E-state index contributed by atoms with van der Waals surface area (Å²) in [6, 6.07) is 0.687. The van der Waals surface area contributed by atoms with Crippen LogP contribution in [0.1, 0.15) is 47.0 Å². The molecule has 0 bridgehead atoms. The van der Waals surface area contributed by atoms with Gasteiger partial charge in [0.15, 0.2) is 0 Å². The number of hydrogen-bond acceptors (Lipinski definition) is 1. The van der Waals surface area contributed by atoms with Crippen LogP contribution in [0.15, 0.2) is 0 Å². The van der Waals surface area contributed by atoms with Crippen LogP contribution in [0.3, 0.4) is 0 Å². The van der Waals surface area contributed by atoms with Crippen LogP contribution >= 0.6 is 0 Å². The molecule has 1 aliphatic rings. The minimum absolute atomic E-state index is 0.0117. The van der Waals surface area contributed by atoms with Crippen LogP contribution in [0.4, 0.5) is 0 Å². The van der Waals surface area contributed by atoms with Crippen LogP contribution in [0.25, 0.3) is 0 Å². The predicted octanol–water partition coefficient (Wildman–Crippen LogP) is 2.88. The number of rotatable bonds is 3. The van der Waals surface area contributed by atoms with Crippen molar-refractivity contribution in [2.24, 2.45) is 5.41 Å². The highest BCUT2D eigenvalue weighted by Crippen LogP contribution is 2.31. The van der Waals surface area contributed by atoms with E-state index in [1.807, 2.05) is 0 Å². The fourth-order valence-electron chi connectivity index (χ4n) is 1.53. The minimum Gasteiger partial charge on any atom is -0.357 e. The normalized spacial score (nSPS) is 17.2. The highest BCUT2D eigenvalue weighted by atomic mass is 15.2. The Morgan fingerprint density at radius 2 is 1.92 bits per heavy atom. The van der Waals surface area contributed by atoms with Crippen LogP contribution in [0, 0.1) is 10.8 Å². The molecule has 76 valence electrons. The Morgan fingerprint density at radius 3 is 2.23 bits per heavy atom. The van der Waals surface area contributed by atoms with Gasteiger partial charge in [-0.25, -0.2) is 0 Å². The highest BCUT2D eigenvalue weighted by Gasteiger charge is 2.34. The summed E-state index contributed by atoms with van der Waals surface area (Å²) in [5.41, 5.74) is 0.0117. The van der Waals surface area contributed by atoms with Gasteiger partial charge in [0, 0.05) is 18.0 Å². The standard InChI is InChI=1S/C11H22N2/c1-5-8-13(9-6-7-9)10(12)11(2,3)4/h9,12H,5-8H2,1-4H3. The SMILES string of the molecule is CCCN(C(=N)C(C)(C)C)C1CC1. The smallest absolute Gasteiger partial charge is 0.101 e. The molecule has 0 radical (unpaired) electrons. The average Bonchev–Trinajstić information content (AvgIpc) is 2.79. The zero-order valence-corrected chi connectivity index (χ0v) is 9.35. The van der Waals surface area contributed by atoms with Crippen molar-refractivity contribution < 1.29 is 0 Å². The summed E-state index contributed by atoms with van der Waals surface area (Å²) < 4.78 is 0. The molecule has 0 saturated heterocycles. The van der Waals surface area contributed by atoms with E-state index >= 15 is 0 Å². The second-order valence-electron chi connectivity index (χ2n) is 5.02. The van der Waals surface area contributed by atoms with Crippen molar-refractivity contribution in [1.82, 2.24) is 4.90 Å². The number of nitrogens with one attached hydrogen (secondary N) is 1. The molecule has 1 aliphatic carbocycles. The lowest BCUT2D eigenvalue weighted by molar-refractivity contribution is 0.357. The monoisotopic (exact) mass is 182 g/mol. The lowest BCUT2D eigenvalue weighted by atomic mass is 9.94. The molecule has 0 aliphatic heterocycles. The van der Waals surface area contributed by atoms with E-state index in [2.05, 4.69) is 32.6 Å². The fraction of sp³-hybridized carbons (Fsp3) is 0.909. The molecule has 1 saturated carbocycles. The molecule has 2 heteroatoms. The van der Waals surface area contributed by atoms with Crippen molar-refractivity contribution >= 4 is 5.84 Å². The largest absolute Gasteiger partial charge is 0.357 e. The van der Waals surface area contributed by atoms with Gasteiger partial charge in [-0.15, -0.1) is 0 Å². The maximum atomic E-state index is 8.10. The zero-order chi connectivity index (χ0) is 10.1. The molecule has 1 rings (SSSR count). The van der Waals surface area contributed by atoms with Gasteiger partial charge in [-0.2, -0.15) is 0 Å². The first-order valence-corrected chi connectivity index (χ1v) is 5.32. The molecular weight excluding hydrogens is 160 g/mol. The summed E-state index contributed by atoms with van der Waals surface area (Å²) in [5, 5.41) is 8.10. The molecule has 2 nitrogen and oxygen atoms in total. The Kier molecular flexibility index (Phi) is 2.99. The molecular formula is C11H22N2. The van der Waals surface area contributed by atoms with E-state index in [0.29, 0.717) is 6.04 Å². The molecule has 0 unspecified atom stereocenters. The second-order valence-corrected chi connectivity index (χ2v) is 5.02. The fourth-order valence-corrected chi connectivity index (χ4v) is 1.53. The van der Waals surface area contributed by atoms with Crippen LogP contribution in [0.5, 0.6) is 0 Å². The van der Waals surface area contributed by atoms with Crippen molar-refractivity contribution in [3.8, 4) is 0 Å². The summed E-state index contributed by atoms with van der Waals surface area (Å²) in [4.78, 5) is 2.29. The van der Waals surface area contributed by atoms with E-state index in [0.717, 1.165) is 18.8 Å². The van der Waals surface area contributed by atoms with E-state index in [1.165, 1.54) is 12.8 Å². The molecule has 0 spiro atoms. The quantitative estimate of drug-likeness (QED) is 0.527. The minimum atomic E-state index is 0.0117. The third-order valence-electron chi connectivity index (χ3n) is 2.45. The lowest BCUT2D eigenvalue weighted by Crippen LogP contribution is -2.40.